The lowest BCUT2D eigenvalue weighted by Gasteiger charge is -2.26. The van der Waals surface area contributed by atoms with Crippen molar-refractivity contribution in [2.75, 3.05) is 6.61 Å². The van der Waals surface area contributed by atoms with Gasteiger partial charge in [-0.15, -0.1) is 0 Å². The van der Waals surface area contributed by atoms with E-state index in [9.17, 15) is 8.78 Å². The number of hydrogen-bond acceptors (Lipinski definition) is 7. The van der Waals surface area contributed by atoms with Crippen molar-refractivity contribution >= 4 is 17.5 Å². The molecule has 1 aromatic carbocycles. The van der Waals surface area contributed by atoms with Crippen LogP contribution in [0.15, 0.2) is 46.7 Å². The standard InChI is InChI=1S/C17H15F2N3O3S/c18-15(19)11-6-10(9-4-2-1-3-5-9)20-17(21-11)26-14-7-12(22-23)16-24-8-13(14)25-16/h1-6,13-16,23H,7-8H2/b22-12+/t13-,14-,16-/m0/s1. The maximum absolute atomic E-state index is 13.3. The molecular formula is C17H15F2N3O3S. The summed E-state index contributed by atoms with van der Waals surface area (Å²) in [5.74, 6) is 0. The molecule has 0 radical (unpaired) electrons. The predicted molar refractivity (Wildman–Crippen MR) is 90.5 cm³/mol. The van der Waals surface area contributed by atoms with Crippen LogP contribution in [0.1, 0.15) is 18.5 Å². The summed E-state index contributed by atoms with van der Waals surface area (Å²) in [6, 6.07) is 10.4. The molecule has 3 atom stereocenters. The van der Waals surface area contributed by atoms with Crippen LogP contribution in [0.2, 0.25) is 0 Å². The van der Waals surface area contributed by atoms with Gasteiger partial charge in [-0.25, -0.2) is 18.7 Å². The summed E-state index contributed by atoms with van der Waals surface area (Å²) >= 11 is 1.23. The van der Waals surface area contributed by atoms with Gasteiger partial charge in [-0.3, -0.25) is 0 Å². The third kappa shape index (κ3) is 3.42. The van der Waals surface area contributed by atoms with Crippen LogP contribution in [-0.4, -0.2) is 45.1 Å². The van der Waals surface area contributed by atoms with Crippen LogP contribution in [0.4, 0.5) is 8.78 Å². The molecule has 3 heterocycles. The van der Waals surface area contributed by atoms with Crippen LogP contribution in [0.3, 0.4) is 0 Å². The first-order valence-electron chi connectivity index (χ1n) is 8.01. The van der Waals surface area contributed by atoms with Gasteiger partial charge >= 0.3 is 0 Å². The third-order valence-electron chi connectivity index (χ3n) is 4.21. The molecule has 0 aliphatic carbocycles. The van der Waals surface area contributed by atoms with E-state index in [0.29, 0.717) is 24.4 Å². The fraction of sp³-hybridized carbons (Fsp3) is 0.353. The van der Waals surface area contributed by atoms with Crippen molar-refractivity contribution in [3.8, 4) is 11.3 Å². The van der Waals surface area contributed by atoms with Crippen molar-refractivity contribution in [2.24, 2.45) is 5.16 Å². The van der Waals surface area contributed by atoms with Crippen LogP contribution >= 0.6 is 11.8 Å². The van der Waals surface area contributed by atoms with Crippen LogP contribution in [-0.2, 0) is 9.47 Å². The number of alkyl halides is 2. The number of thioether (sulfide) groups is 1. The Balaban J connectivity index is 1.64. The first-order chi connectivity index (χ1) is 12.6. The van der Waals surface area contributed by atoms with E-state index in [2.05, 4.69) is 15.1 Å². The number of oxime groups is 1. The number of ether oxygens (including phenoxy) is 2. The largest absolute Gasteiger partial charge is 0.411 e. The molecule has 0 amide bonds. The summed E-state index contributed by atoms with van der Waals surface area (Å²) in [6.07, 6.45) is -3.14. The third-order valence-corrected chi connectivity index (χ3v) is 5.38. The predicted octanol–water partition coefficient (Wildman–Crippen LogP) is 3.52. The maximum atomic E-state index is 13.3. The highest BCUT2D eigenvalue weighted by Gasteiger charge is 2.43. The minimum absolute atomic E-state index is 0.184. The van der Waals surface area contributed by atoms with E-state index in [-0.39, 0.29) is 22.2 Å². The lowest BCUT2D eigenvalue weighted by atomic mass is 10.1. The number of halogens is 2. The second kappa shape index (κ2) is 7.26. The van der Waals surface area contributed by atoms with Gasteiger partial charge in [0.2, 0.25) is 6.29 Å². The Hall–Kier alpha value is -2.10. The van der Waals surface area contributed by atoms with Crippen molar-refractivity contribution in [3.63, 3.8) is 0 Å². The van der Waals surface area contributed by atoms with Crippen molar-refractivity contribution in [3.05, 3.63) is 42.1 Å². The van der Waals surface area contributed by atoms with E-state index in [1.54, 1.807) is 0 Å². The summed E-state index contributed by atoms with van der Waals surface area (Å²) in [5, 5.41) is 12.4. The Labute approximate surface area is 152 Å². The van der Waals surface area contributed by atoms with E-state index < -0.39 is 12.7 Å². The van der Waals surface area contributed by atoms with Crippen LogP contribution in [0, 0.1) is 0 Å². The van der Waals surface area contributed by atoms with E-state index in [1.807, 2.05) is 30.3 Å². The van der Waals surface area contributed by atoms with Crippen molar-refractivity contribution in [1.82, 2.24) is 9.97 Å². The normalized spacial score (nSPS) is 26.6. The SMILES string of the molecule is O/N=C1\C[C@H](Sc2nc(-c3ccccc3)cc(C(F)F)n2)[C@@H]2CO[C@H]1O2. The molecule has 2 fully saturated rings. The number of fused-ring (bicyclic) bond motifs is 2. The van der Waals surface area contributed by atoms with Gasteiger partial charge in [-0.05, 0) is 6.07 Å². The number of benzene rings is 1. The summed E-state index contributed by atoms with van der Waals surface area (Å²) < 4.78 is 37.6. The molecule has 6 nitrogen and oxygen atoms in total. The quantitative estimate of drug-likeness (QED) is 0.498. The molecule has 1 aromatic heterocycles. The first-order valence-corrected chi connectivity index (χ1v) is 8.89. The summed E-state index contributed by atoms with van der Waals surface area (Å²) in [4.78, 5) is 8.42. The van der Waals surface area contributed by atoms with Gasteiger partial charge < -0.3 is 14.7 Å². The van der Waals surface area contributed by atoms with Gasteiger partial charge in [-0.2, -0.15) is 0 Å². The van der Waals surface area contributed by atoms with Gasteiger partial charge in [0.15, 0.2) is 5.16 Å². The zero-order valence-electron chi connectivity index (χ0n) is 13.5. The molecule has 2 aliphatic rings. The van der Waals surface area contributed by atoms with Gasteiger partial charge in [0.05, 0.1) is 18.4 Å². The van der Waals surface area contributed by atoms with Crippen LogP contribution in [0.25, 0.3) is 11.3 Å². The van der Waals surface area contributed by atoms with Gasteiger partial charge in [0, 0.05) is 17.2 Å². The van der Waals surface area contributed by atoms with E-state index in [1.165, 1.54) is 17.8 Å². The number of aromatic nitrogens is 2. The van der Waals surface area contributed by atoms with Crippen molar-refractivity contribution in [2.45, 2.75) is 35.6 Å². The zero-order valence-corrected chi connectivity index (χ0v) is 14.3. The summed E-state index contributed by atoms with van der Waals surface area (Å²) in [5.41, 5.74) is 1.23. The van der Waals surface area contributed by atoms with Gasteiger partial charge in [0.1, 0.15) is 11.4 Å². The molecule has 2 saturated heterocycles. The van der Waals surface area contributed by atoms with Crippen molar-refractivity contribution in [1.29, 1.82) is 0 Å². The zero-order chi connectivity index (χ0) is 18.1. The second-order valence-electron chi connectivity index (χ2n) is 5.92. The molecule has 9 heteroatoms. The fourth-order valence-electron chi connectivity index (χ4n) is 2.93. The molecule has 0 spiro atoms. The Bertz CT molecular complexity index is 822. The smallest absolute Gasteiger partial charge is 0.280 e. The second-order valence-corrected chi connectivity index (χ2v) is 7.13. The Morgan fingerprint density at radius 2 is 2.04 bits per heavy atom. The molecule has 2 aliphatic heterocycles. The summed E-state index contributed by atoms with van der Waals surface area (Å²) in [7, 11) is 0. The molecule has 136 valence electrons. The Morgan fingerprint density at radius 1 is 1.23 bits per heavy atom. The molecule has 2 aromatic rings. The number of rotatable bonds is 4. The van der Waals surface area contributed by atoms with E-state index in [4.69, 9.17) is 14.7 Å². The van der Waals surface area contributed by atoms with Gasteiger partial charge in [-0.1, -0.05) is 47.2 Å². The highest BCUT2D eigenvalue weighted by atomic mass is 32.2. The molecule has 4 rings (SSSR count). The van der Waals surface area contributed by atoms with Crippen LogP contribution < -0.4 is 0 Å². The lowest BCUT2D eigenvalue weighted by Crippen LogP contribution is -2.37. The average Bonchev–Trinajstić information content (AvgIpc) is 3.09. The monoisotopic (exact) mass is 379 g/mol. The average molecular weight is 379 g/mol. The van der Waals surface area contributed by atoms with Crippen LogP contribution in [0.5, 0.6) is 0 Å². The Morgan fingerprint density at radius 3 is 2.77 bits per heavy atom. The molecule has 0 saturated carbocycles. The number of hydrogen-bond donors (Lipinski definition) is 1. The lowest BCUT2D eigenvalue weighted by molar-refractivity contribution is -0.0169. The molecule has 0 unspecified atom stereocenters. The first kappa shape index (κ1) is 17.3. The van der Waals surface area contributed by atoms with Gasteiger partial charge in [0.25, 0.3) is 6.43 Å². The highest BCUT2D eigenvalue weighted by molar-refractivity contribution is 7.99. The minimum Gasteiger partial charge on any atom is -0.411 e. The Kier molecular flexibility index (Phi) is 4.84. The minimum atomic E-state index is -2.70. The van der Waals surface area contributed by atoms with E-state index in [0.717, 1.165) is 5.56 Å². The number of nitrogens with zero attached hydrogens (tertiary/aromatic N) is 3. The fourth-order valence-corrected chi connectivity index (χ4v) is 4.06. The summed E-state index contributed by atoms with van der Waals surface area (Å²) in [6.45, 7) is 0.349. The molecule has 1 N–H and O–H groups in total. The molecule has 2 bridgehead atoms. The van der Waals surface area contributed by atoms with E-state index >= 15 is 0 Å². The molecular weight excluding hydrogens is 364 g/mol. The highest BCUT2D eigenvalue weighted by Crippen LogP contribution is 2.37. The molecule has 26 heavy (non-hydrogen) atoms. The topological polar surface area (TPSA) is 76.8 Å². The van der Waals surface area contributed by atoms with Crippen molar-refractivity contribution < 1.29 is 23.5 Å². The maximum Gasteiger partial charge on any atom is 0.280 e.